The number of fused-ring (bicyclic) bond motifs is 1. The molecule has 3 rings (SSSR count). The topological polar surface area (TPSA) is 73.2 Å². The van der Waals surface area contributed by atoms with Crippen LogP contribution < -0.4 is 10.2 Å². The Bertz CT molecular complexity index is 608. The highest BCUT2D eigenvalue weighted by molar-refractivity contribution is 6.01. The first-order valence-electron chi connectivity index (χ1n) is 6.80. The molecule has 0 bridgehead atoms. The molecule has 102 valence electrons. The molecule has 5 heteroatoms. The van der Waals surface area contributed by atoms with E-state index in [4.69, 9.17) is 5.26 Å². The Morgan fingerprint density at radius 3 is 2.70 bits per heavy atom. The molecule has 1 heterocycles. The first-order chi connectivity index (χ1) is 9.67. The van der Waals surface area contributed by atoms with Gasteiger partial charge in [0.1, 0.15) is 5.78 Å². The van der Waals surface area contributed by atoms with Crippen LogP contribution in [0.3, 0.4) is 0 Å². The number of hydrogen-bond acceptors (Lipinski definition) is 4. The third-order valence-electron chi connectivity index (χ3n) is 3.98. The first-order valence-corrected chi connectivity index (χ1v) is 6.80. The van der Waals surface area contributed by atoms with Crippen LogP contribution in [0.4, 0.5) is 11.4 Å². The molecule has 2 aliphatic rings. The Morgan fingerprint density at radius 1 is 1.25 bits per heavy atom. The number of amides is 1. The monoisotopic (exact) mass is 269 g/mol. The summed E-state index contributed by atoms with van der Waals surface area (Å²) in [4.78, 5) is 25.2. The zero-order valence-corrected chi connectivity index (χ0v) is 11.1. The van der Waals surface area contributed by atoms with Crippen LogP contribution in [0.15, 0.2) is 18.2 Å². The maximum absolute atomic E-state index is 11.8. The average molecular weight is 269 g/mol. The first kappa shape index (κ1) is 12.7. The number of carbonyl (C=O) groups excluding carboxylic acids is 2. The third kappa shape index (κ3) is 2.25. The van der Waals surface area contributed by atoms with Crippen LogP contribution in [0.1, 0.15) is 31.2 Å². The summed E-state index contributed by atoms with van der Waals surface area (Å²) in [6.45, 7) is 0.292. The lowest BCUT2D eigenvalue weighted by Crippen LogP contribution is -2.46. The van der Waals surface area contributed by atoms with Crippen molar-refractivity contribution < 1.29 is 9.59 Å². The fourth-order valence-corrected chi connectivity index (χ4v) is 2.94. The number of benzene rings is 1. The molecule has 0 aromatic heterocycles. The number of nitrogens with zero attached hydrogens (tertiary/aromatic N) is 2. The van der Waals surface area contributed by atoms with Crippen LogP contribution in [0.2, 0.25) is 0 Å². The van der Waals surface area contributed by atoms with Crippen LogP contribution in [-0.4, -0.2) is 24.3 Å². The number of nitriles is 1. The van der Waals surface area contributed by atoms with Gasteiger partial charge in [-0.2, -0.15) is 5.26 Å². The molecule has 20 heavy (non-hydrogen) atoms. The van der Waals surface area contributed by atoms with E-state index in [2.05, 4.69) is 11.4 Å². The minimum absolute atomic E-state index is 0.0425. The maximum Gasteiger partial charge on any atom is 0.243 e. The number of hydrogen-bond donors (Lipinski definition) is 1. The number of Topliss-reactive ketones (excluding diaryl/α,β-unsaturated/α-hetero) is 1. The van der Waals surface area contributed by atoms with Crippen molar-refractivity contribution in [2.45, 2.75) is 31.7 Å². The van der Waals surface area contributed by atoms with Gasteiger partial charge in [0.05, 0.1) is 29.6 Å². The van der Waals surface area contributed by atoms with Crippen LogP contribution in [-0.2, 0) is 9.59 Å². The molecule has 5 nitrogen and oxygen atoms in total. The van der Waals surface area contributed by atoms with E-state index < -0.39 is 0 Å². The molecule has 1 amide bonds. The number of nitrogens with one attached hydrogen (secondary N) is 1. The lowest BCUT2D eigenvalue weighted by atomic mass is 9.92. The summed E-state index contributed by atoms with van der Waals surface area (Å²) in [6.07, 6.45) is 2.72. The number of rotatable bonds is 1. The molecule has 0 unspecified atom stereocenters. The SMILES string of the molecule is N#Cc1ccc2c(c1)N(C1CCC(=O)CC1)CC(=O)N2. The van der Waals surface area contributed by atoms with Gasteiger partial charge in [0.2, 0.25) is 5.91 Å². The van der Waals surface area contributed by atoms with E-state index >= 15 is 0 Å². The Hall–Kier alpha value is -2.35. The van der Waals surface area contributed by atoms with Gasteiger partial charge in [-0.15, -0.1) is 0 Å². The van der Waals surface area contributed by atoms with Gasteiger partial charge in [-0.1, -0.05) is 0 Å². The minimum atomic E-state index is -0.0425. The molecule has 1 aromatic rings. The molecule has 0 atom stereocenters. The van der Waals surface area contributed by atoms with E-state index in [9.17, 15) is 9.59 Å². The normalized spacial score (nSPS) is 19.2. The van der Waals surface area contributed by atoms with Crippen molar-refractivity contribution in [1.29, 1.82) is 5.26 Å². The number of anilines is 2. The van der Waals surface area contributed by atoms with Gasteiger partial charge in [-0.05, 0) is 31.0 Å². The van der Waals surface area contributed by atoms with Crippen molar-refractivity contribution in [3.8, 4) is 6.07 Å². The van der Waals surface area contributed by atoms with E-state index in [1.165, 1.54) is 0 Å². The molecule has 1 aliphatic carbocycles. The molecule has 1 aliphatic heterocycles. The molecular formula is C15H15N3O2. The average Bonchev–Trinajstić information content (AvgIpc) is 2.47. The second-order valence-electron chi connectivity index (χ2n) is 5.29. The summed E-state index contributed by atoms with van der Waals surface area (Å²) in [7, 11) is 0. The van der Waals surface area contributed by atoms with Crippen LogP contribution in [0.5, 0.6) is 0 Å². The van der Waals surface area contributed by atoms with Crippen molar-refractivity contribution in [1.82, 2.24) is 0 Å². The predicted molar refractivity (Wildman–Crippen MR) is 74.4 cm³/mol. The third-order valence-corrected chi connectivity index (χ3v) is 3.98. The molecule has 1 aromatic carbocycles. The van der Waals surface area contributed by atoms with Gasteiger partial charge in [0, 0.05) is 18.9 Å². The lowest BCUT2D eigenvalue weighted by molar-refractivity contribution is -0.120. The molecule has 1 N–H and O–H groups in total. The van der Waals surface area contributed by atoms with Crippen molar-refractivity contribution >= 4 is 23.1 Å². The van der Waals surface area contributed by atoms with Crippen LogP contribution in [0.25, 0.3) is 0 Å². The number of ketones is 1. The van der Waals surface area contributed by atoms with Gasteiger partial charge in [-0.25, -0.2) is 0 Å². The van der Waals surface area contributed by atoms with E-state index in [1.807, 2.05) is 11.0 Å². The summed E-state index contributed by atoms with van der Waals surface area (Å²) in [5.74, 6) is 0.257. The molecular weight excluding hydrogens is 254 g/mol. The fraction of sp³-hybridized carbons (Fsp3) is 0.400. The van der Waals surface area contributed by atoms with E-state index in [-0.39, 0.29) is 11.9 Å². The van der Waals surface area contributed by atoms with Gasteiger partial charge in [0.15, 0.2) is 0 Å². The van der Waals surface area contributed by atoms with Crippen LogP contribution >= 0.6 is 0 Å². The van der Waals surface area contributed by atoms with Gasteiger partial charge >= 0.3 is 0 Å². The maximum atomic E-state index is 11.8. The van der Waals surface area contributed by atoms with Crippen LogP contribution in [0, 0.1) is 11.3 Å². The number of carbonyl (C=O) groups is 2. The molecule has 0 spiro atoms. The Labute approximate surface area is 117 Å². The highest BCUT2D eigenvalue weighted by atomic mass is 16.2. The Balaban J connectivity index is 1.94. The summed E-state index contributed by atoms with van der Waals surface area (Å²) < 4.78 is 0. The summed E-state index contributed by atoms with van der Waals surface area (Å²) in [6, 6.07) is 7.61. The second kappa shape index (κ2) is 4.97. The minimum Gasteiger partial charge on any atom is -0.357 e. The zero-order chi connectivity index (χ0) is 14.1. The Kier molecular flexibility index (Phi) is 3.15. The van der Waals surface area contributed by atoms with Crippen molar-refractivity contribution in [3.63, 3.8) is 0 Å². The fourth-order valence-electron chi connectivity index (χ4n) is 2.94. The zero-order valence-electron chi connectivity index (χ0n) is 11.1. The van der Waals surface area contributed by atoms with E-state index in [1.54, 1.807) is 12.1 Å². The van der Waals surface area contributed by atoms with Gasteiger partial charge in [0.25, 0.3) is 0 Å². The summed E-state index contributed by atoms with van der Waals surface area (Å²) in [5.41, 5.74) is 2.22. The standard InChI is InChI=1S/C15H15N3O2/c16-8-10-1-6-13-14(7-10)18(9-15(20)17-13)11-2-4-12(19)5-3-11/h1,6-7,11H,2-5,9H2,(H,17,20). The lowest BCUT2D eigenvalue weighted by Gasteiger charge is -2.39. The molecule has 0 radical (unpaired) electrons. The molecule has 0 saturated heterocycles. The second-order valence-corrected chi connectivity index (χ2v) is 5.29. The van der Waals surface area contributed by atoms with Crippen molar-refractivity contribution in [2.75, 3.05) is 16.8 Å². The van der Waals surface area contributed by atoms with Gasteiger partial charge < -0.3 is 10.2 Å². The summed E-state index contributed by atoms with van der Waals surface area (Å²) >= 11 is 0. The predicted octanol–water partition coefficient (Wildman–Crippen LogP) is 1.83. The quantitative estimate of drug-likeness (QED) is 0.844. The highest BCUT2D eigenvalue weighted by Gasteiger charge is 2.30. The molecule has 1 saturated carbocycles. The van der Waals surface area contributed by atoms with E-state index in [0.717, 1.165) is 24.2 Å². The van der Waals surface area contributed by atoms with Crippen molar-refractivity contribution in [2.24, 2.45) is 0 Å². The molecule has 1 fully saturated rings. The Morgan fingerprint density at radius 2 is 2.00 bits per heavy atom. The van der Waals surface area contributed by atoms with Crippen molar-refractivity contribution in [3.05, 3.63) is 23.8 Å². The van der Waals surface area contributed by atoms with Gasteiger partial charge in [-0.3, -0.25) is 9.59 Å². The highest BCUT2D eigenvalue weighted by Crippen LogP contribution is 2.34. The summed E-state index contributed by atoms with van der Waals surface area (Å²) in [5, 5.41) is 11.9. The van der Waals surface area contributed by atoms with E-state index in [0.29, 0.717) is 30.7 Å². The largest absolute Gasteiger partial charge is 0.357 e. The smallest absolute Gasteiger partial charge is 0.243 e.